The number of piperazine rings is 1. The Labute approximate surface area is 252 Å². The van der Waals surface area contributed by atoms with Gasteiger partial charge in [0.2, 0.25) is 5.82 Å². The van der Waals surface area contributed by atoms with Gasteiger partial charge < -0.3 is 15.3 Å². The molecular formula is C27H30BrF4N7O2S. The quantitative estimate of drug-likeness (QED) is 0.272. The van der Waals surface area contributed by atoms with Gasteiger partial charge in [-0.15, -0.1) is 0 Å². The molecule has 1 atom stereocenters. The summed E-state index contributed by atoms with van der Waals surface area (Å²) in [6, 6.07) is 4.04. The van der Waals surface area contributed by atoms with Gasteiger partial charge in [-0.3, -0.25) is 14.6 Å². The number of nitrogens with zero attached hydrogens (tertiary/aromatic N) is 6. The van der Waals surface area contributed by atoms with Gasteiger partial charge in [0.1, 0.15) is 6.33 Å². The number of likely N-dealkylation sites (tertiary alicyclic amines) is 1. The van der Waals surface area contributed by atoms with Crippen LogP contribution in [0.4, 0.5) is 34.3 Å². The average Bonchev–Trinajstić information content (AvgIpc) is 3.53. The van der Waals surface area contributed by atoms with E-state index in [1.807, 2.05) is 4.90 Å². The molecule has 2 saturated heterocycles. The first-order chi connectivity index (χ1) is 20.0. The highest BCUT2D eigenvalue weighted by molar-refractivity contribution is 9.10. The fraction of sp³-hybridized carbons (Fsp3) is 0.481. The number of alkyl halides is 3. The van der Waals surface area contributed by atoms with E-state index in [-0.39, 0.29) is 22.5 Å². The van der Waals surface area contributed by atoms with Crippen molar-refractivity contribution in [3.8, 4) is 11.3 Å². The van der Waals surface area contributed by atoms with E-state index in [0.29, 0.717) is 61.7 Å². The minimum absolute atomic E-state index is 0.0435. The maximum atomic E-state index is 15.7. The number of aromatic nitrogens is 3. The van der Waals surface area contributed by atoms with Crippen LogP contribution in [0.5, 0.6) is 0 Å². The summed E-state index contributed by atoms with van der Waals surface area (Å²) in [5.74, 6) is -1.49. The van der Waals surface area contributed by atoms with Gasteiger partial charge in [-0.1, -0.05) is 27.3 Å². The van der Waals surface area contributed by atoms with Crippen LogP contribution in [0.1, 0.15) is 36.6 Å². The van der Waals surface area contributed by atoms with Gasteiger partial charge in [0.05, 0.1) is 17.7 Å². The third-order valence-electron chi connectivity index (χ3n) is 7.54. The molecule has 9 nitrogen and oxygen atoms in total. The number of hydrogen-bond donors (Lipinski definition) is 2. The van der Waals surface area contributed by atoms with Gasteiger partial charge in [-0.25, -0.2) is 15.0 Å². The normalized spacial score (nSPS) is 18.5. The average molecular weight is 673 g/mol. The number of benzene rings is 1. The van der Waals surface area contributed by atoms with E-state index in [1.54, 1.807) is 11.0 Å². The highest BCUT2D eigenvalue weighted by Gasteiger charge is 2.32. The number of carboxylic acids is 1. The third kappa shape index (κ3) is 7.18. The molecule has 0 aliphatic carbocycles. The van der Waals surface area contributed by atoms with Crippen LogP contribution in [0, 0.1) is 5.82 Å². The summed E-state index contributed by atoms with van der Waals surface area (Å²) in [6.45, 7) is 6.01. The van der Waals surface area contributed by atoms with E-state index in [1.165, 1.54) is 17.7 Å². The van der Waals surface area contributed by atoms with Crippen LogP contribution in [-0.2, 0) is 17.5 Å². The molecule has 0 bridgehead atoms. The minimum Gasteiger partial charge on any atom is -0.481 e. The van der Waals surface area contributed by atoms with Gasteiger partial charge in [0, 0.05) is 60.2 Å². The molecule has 2 aliphatic heterocycles. The lowest BCUT2D eigenvalue weighted by Gasteiger charge is -2.35. The molecule has 0 saturated carbocycles. The predicted molar refractivity (Wildman–Crippen MR) is 156 cm³/mol. The Kier molecular flexibility index (Phi) is 9.30. The van der Waals surface area contributed by atoms with Crippen molar-refractivity contribution in [2.45, 2.75) is 44.9 Å². The van der Waals surface area contributed by atoms with Crippen molar-refractivity contribution >= 4 is 50.0 Å². The van der Waals surface area contributed by atoms with Gasteiger partial charge in [-0.2, -0.15) is 17.6 Å². The summed E-state index contributed by atoms with van der Waals surface area (Å²) >= 11 is 4.47. The zero-order valence-corrected chi connectivity index (χ0v) is 25.2. The minimum atomic E-state index is -4.53. The molecule has 0 spiro atoms. The van der Waals surface area contributed by atoms with E-state index < -0.39 is 23.5 Å². The molecule has 0 radical (unpaired) electrons. The van der Waals surface area contributed by atoms with E-state index in [2.05, 4.69) is 48.0 Å². The van der Waals surface area contributed by atoms with Crippen molar-refractivity contribution < 1.29 is 27.5 Å². The SMILES string of the molecule is C[C@@H]1CCCN1Cc1sc(Nc2ncnc(N3CCN(CCC(=O)O)CC3)c2F)nc1-c1cc(Br)cc(C(F)(F)F)c1. The smallest absolute Gasteiger partial charge is 0.416 e. The van der Waals surface area contributed by atoms with Crippen LogP contribution in [-0.4, -0.2) is 81.1 Å². The molecule has 3 aromatic rings. The maximum absolute atomic E-state index is 15.7. The summed E-state index contributed by atoms with van der Waals surface area (Å²) < 4.78 is 56.8. The molecule has 0 amide bonds. The summed E-state index contributed by atoms with van der Waals surface area (Å²) in [4.78, 5) is 30.6. The van der Waals surface area contributed by atoms with Crippen molar-refractivity contribution in [1.82, 2.24) is 24.8 Å². The van der Waals surface area contributed by atoms with Crippen LogP contribution in [0.2, 0.25) is 0 Å². The topological polar surface area (TPSA) is 97.7 Å². The number of nitrogens with one attached hydrogen (secondary N) is 1. The molecule has 5 rings (SSSR count). The van der Waals surface area contributed by atoms with Crippen LogP contribution in [0.25, 0.3) is 11.3 Å². The Morgan fingerprint density at radius 1 is 1.17 bits per heavy atom. The van der Waals surface area contributed by atoms with E-state index in [9.17, 15) is 18.0 Å². The van der Waals surface area contributed by atoms with Crippen molar-refractivity contribution in [3.05, 3.63) is 45.3 Å². The molecule has 2 fully saturated rings. The standard InChI is InChI=1S/C27H30BrF4N7O2S/c1-16-3-2-5-39(16)14-20-23(17-11-18(27(30,31)32)13-19(28)12-17)35-26(42-20)36-24-22(29)25(34-15-33-24)38-9-7-37(8-10-38)6-4-21(40)41/h11-13,15-16H,2-10,14H2,1H3,(H,40,41)(H,33,34,35,36)/t16-/m1/s1. The first kappa shape index (κ1) is 30.6. The third-order valence-corrected chi connectivity index (χ3v) is 8.96. The van der Waals surface area contributed by atoms with Crippen molar-refractivity contribution in [1.29, 1.82) is 0 Å². The highest BCUT2D eigenvalue weighted by atomic mass is 79.9. The van der Waals surface area contributed by atoms with E-state index in [4.69, 9.17) is 5.11 Å². The Morgan fingerprint density at radius 3 is 2.60 bits per heavy atom. The van der Waals surface area contributed by atoms with Crippen LogP contribution in [0.3, 0.4) is 0 Å². The van der Waals surface area contributed by atoms with Crippen LogP contribution in [0.15, 0.2) is 29.0 Å². The number of hydrogen-bond acceptors (Lipinski definition) is 9. The molecular weight excluding hydrogens is 642 g/mol. The number of anilines is 3. The number of carbonyl (C=O) groups is 1. The summed E-state index contributed by atoms with van der Waals surface area (Å²) in [7, 11) is 0. The molecule has 0 unspecified atom stereocenters. The summed E-state index contributed by atoms with van der Waals surface area (Å²) in [6.07, 6.45) is -1.15. The molecule has 2 aromatic heterocycles. The molecule has 226 valence electrons. The molecule has 1 aromatic carbocycles. The largest absolute Gasteiger partial charge is 0.481 e. The predicted octanol–water partition coefficient (Wildman–Crippen LogP) is 5.85. The molecule has 15 heteroatoms. The highest BCUT2D eigenvalue weighted by Crippen LogP contribution is 2.39. The number of carboxylic acid groups (broad SMARTS) is 1. The maximum Gasteiger partial charge on any atom is 0.416 e. The molecule has 2 aliphatic rings. The van der Waals surface area contributed by atoms with Gasteiger partial charge >= 0.3 is 12.1 Å². The number of rotatable bonds is 9. The van der Waals surface area contributed by atoms with Crippen molar-refractivity contribution in [3.63, 3.8) is 0 Å². The zero-order chi connectivity index (χ0) is 30.0. The second-order valence-electron chi connectivity index (χ2n) is 10.4. The van der Waals surface area contributed by atoms with E-state index in [0.717, 1.165) is 36.4 Å². The monoisotopic (exact) mass is 671 g/mol. The molecule has 2 N–H and O–H groups in total. The lowest BCUT2D eigenvalue weighted by molar-refractivity contribution is -0.138. The van der Waals surface area contributed by atoms with Crippen LogP contribution < -0.4 is 10.2 Å². The van der Waals surface area contributed by atoms with Crippen LogP contribution >= 0.6 is 27.3 Å². The van der Waals surface area contributed by atoms with Gasteiger partial charge in [0.25, 0.3) is 0 Å². The molecule has 4 heterocycles. The number of halogens is 5. The van der Waals surface area contributed by atoms with E-state index >= 15 is 4.39 Å². The summed E-state index contributed by atoms with van der Waals surface area (Å²) in [5, 5.41) is 12.2. The van der Waals surface area contributed by atoms with Gasteiger partial charge in [0.15, 0.2) is 16.8 Å². The fourth-order valence-corrected chi connectivity index (χ4v) is 6.75. The lowest BCUT2D eigenvalue weighted by Crippen LogP contribution is -2.47. The fourth-order valence-electron chi connectivity index (χ4n) is 5.25. The first-order valence-corrected chi connectivity index (χ1v) is 15.2. The number of aliphatic carboxylic acids is 1. The Bertz CT molecular complexity index is 1430. The first-order valence-electron chi connectivity index (χ1n) is 13.6. The lowest BCUT2D eigenvalue weighted by atomic mass is 10.1. The van der Waals surface area contributed by atoms with Crippen molar-refractivity contribution in [2.24, 2.45) is 0 Å². The van der Waals surface area contributed by atoms with Gasteiger partial charge in [-0.05, 0) is 44.5 Å². The Hall–Kier alpha value is -2.88. The van der Waals surface area contributed by atoms with Crippen molar-refractivity contribution in [2.75, 3.05) is 49.5 Å². The second-order valence-corrected chi connectivity index (χ2v) is 12.4. The molecule has 42 heavy (non-hydrogen) atoms. The number of thiazole rings is 1. The summed E-state index contributed by atoms with van der Waals surface area (Å²) in [5.41, 5.74) is -0.0718. The Morgan fingerprint density at radius 2 is 1.93 bits per heavy atom. The second kappa shape index (κ2) is 12.8. The zero-order valence-electron chi connectivity index (χ0n) is 22.8. The Balaban J connectivity index is 1.41.